The molecule has 2 fully saturated rings. The van der Waals surface area contributed by atoms with E-state index in [0.717, 1.165) is 25.2 Å². The minimum atomic E-state index is -3.85. The molecule has 2 saturated heterocycles. The first-order valence-corrected chi connectivity index (χ1v) is 14.8. The van der Waals surface area contributed by atoms with Gasteiger partial charge in [-0.25, -0.2) is 13.1 Å². The van der Waals surface area contributed by atoms with Gasteiger partial charge in [-0.1, -0.05) is 35.9 Å². The molecule has 6 rings (SSSR count). The predicted molar refractivity (Wildman–Crippen MR) is 143 cm³/mol. The van der Waals surface area contributed by atoms with Gasteiger partial charge in [-0.3, -0.25) is 9.69 Å². The minimum absolute atomic E-state index is 0.00495. The number of carbonyl (C=O) groups is 2. The number of carbonyl (C=O) groups excluding carboxylic acids is 2. The number of halogens is 1. The number of aromatic nitrogens is 2. The van der Waals surface area contributed by atoms with Gasteiger partial charge in [-0.2, -0.15) is 5.10 Å². The zero-order valence-electron chi connectivity index (χ0n) is 21.1. The van der Waals surface area contributed by atoms with Crippen LogP contribution in [-0.2, 0) is 36.4 Å². The number of rotatable bonds is 5. The van der Waals surface area contributed by atoms with Crippen LogP contribution in [-0.4, -0.2) is 92.3 Å². The van der Waals surface area contributed by atoms with E-state index >= 15 is 0 Å². The Morgan fingerprint density at radius 1 is 1.05 bits per heavy atom. The summed E-state index contributed by atoms with van der Waals surface area (Å²) in [4.78, 5) is 29.2. The van der Waals surface area contributed by atoms with Gasteiger partial charge in [-0.05, 0) is 23.8 Å². The summed E-state index contributed by atoms with van der Waals surface area (Å²) in [6.45, 7) is 4.52. The van der Waals surface area contributed by atoms with Crippen molar-refractivity contribution in [2.24, 2.45) is 0 Å². The SMILES string of the molecule is O=CC1COCCN1C(=O)c1nn(-c2ccc(CN3CCOCC3)cc2)c2c1CS(=O)(=O)c1c(Cl)cccc1-2. The maximum Gasteiger partial charge on any atom is 0.275 e. The molecule has 3 aromatic rings. The van der Waals surface area contributed by atoms with Gasteiger partial charge in [0.2, 0.25) is 0 Å². The van der Waals surface area contributed by atoms with Gasteiger partial charge in [0, 0.05) is 37.3 Å². The Kier molecular flexibility index (Phi) is 7.02. The fourth-order valence-corrected chi connectivity index (χ4v) is 7.57. The average Bonchev–Trinajstić information content (AvgIpc) is 3.32. The van der Waals surface area contributed by atoms with Crippen LogP contribution in [0, 0.1) is 0 Å². The second-order valence-corrected chi connectivity index (χ2v) is 12.1. The second kappa shape index (κ2) is 10.5. The first-order valence-electron chi connectivity index (χ1n) is 12.7. The Labute approximate surface area is 231 Å². The third-order valence-electron chi connectivity index (χ3n) is 7.33. The molecule has 0 bridgehead atoms. The monoisotopic (exact) mass is 570 g/mol. The van der Waals surface area contributed by atoms with Crippen molar-refractivity contribution in [3.63, 3.8) is 0 Å². The van der Waals surface area contributed by atoms with Crippen LogP contribution in [0.2, 0.25) is 5.02 Å². The number of aldehydes is 1. The molecule has 0 saturated carbocycles. The predicted octanol–water partition coefficient (Wildman–Crippen LogP) is 2.35. The molecule has 0 radical (unpaired) electrons. The minimum Gasteiger partial charge on any atom is -0.379 e. The molecule has 4 heterocycles. The molecule has 3 aliphatic rings. The van der Waals surface area contributed by atoms with Crippen molar-refractivity contribution < 1.29 is 27.5 Å². The van der Waals surface area contributed by atoms with Gasteiger partial charge in [0.15, 0.2) is 15.5 Å². The summed E-state index contributed by atoms with van der Waals surface area (Å²) in [6.07, 6.45) is 0.666. The molecule has 1 aromatic heterocycles. The summed E-state index contributed by atoms with van der Waals surface area (Å²) >= 11 is 6.38. The molecule has 204 valence electrons. The summed E-state index contributed by atoms with van der Waals surface area (Å²) in [5, 5.41) is 4.80. The number of sulfone groups is 1. The highest BCUT2D eigenvalue weighted by Crippen LogP contribution is 2.43. The zero-order chi connectivity index (χ0) is 27.1. The molecule has 0 N–H and O–H groups in total. The zero-order valence-corrected chi connectivity index (χ0v) is 22.7. The van der Waals surface area contributed by atoms with Crippen molar-refractivity contribution in [2.45, 2.75) is 23.2 Å². The molecule has 12 heteroatoms. The van der Waals surface area contributed by atoms with Crippen LogP contribution in [0.15, 0.2) is 47.4 Å². The van der Waals surface area contributed by atoms with Crippen molar-refractivity contribution in [3.8, 4) is 16.9 Å². The second-order valence-electron chi connectivity index (χ2n) is 9.80. The standard InChI is InChI=1S/C27H27ClN4O6S/c28-23-3-1-2-21-25-22(17-39(35,36)26(21)23)24(27(34)31-10-13-38-16-20(31)15-33)29-32(25)19-6-4-18(5-7-19)14-30-8-11-37-12-9-30/h1-7,15,20H,8-14,16-17H2. The molecule has 39 heavy (non-hydrogen) atoms. The number of hydrogen-bond acceptors (Lipinski definition) is 8. The highest BCUT2D eigenvalue weighted by atomic mass is 35.5. The van der Waals surface area contributed by atoms with E-state index in [-0.39, 0.29) is 35.4 Å². The third-order valence-corrected chi connectivity index (χ3v) is 9.49. The van der Waals surface area contributed by atoms with Crippen molar-refractivity contribution >= 4 is 33.6 Å². The van der Waals surface area contributed by atoms with E-state index in [1.54, 1.807) is 22.9 Å². The number of nitrogens with zero attached hydrogens (tertiary/aromatic N) is 4. The highest BCUT2D eigenvalue weighted by Gasteiger charge is 2.39. The number of fused-ring (bicyclic) bond motifs is 3. The quantitative estimate of drug-likeness (QED) is 0.430. The maximum absolute atomic E-state index is 13.8. The lowest BCUT2D eigenvalue weighted by Gasteiger charge is -2.32. The average molecular weight is 571 g/mol. The fraction of sp³-hybridized carbons (Fsp3) is 0.370. The van der Waals surface area contributed by atoms with E-state index < -0.39 is 27.5 Å². The van der Waals surface area contributed by atoms with E-state index in [1.165, 1.54) is 4.90 Å². The van der Waals surface area contributed by atoms with Crippen LogP contribution < -0.4 is 0 Å². The van der Waals surface area contributed by atoms with Gasteiger partial charge in [0.25, 0.3) is 5.91 Å². The highest BCUT2D eigenvalue weighted by molar-refractivity contribution is 7.91. The van der Waals surface area contributed by atoms with Crippen LogP contribution in [0.5, 0.6) is 0 Å². The number of benzene rings is 2. The van der Waals surface area contributed by atoms with Crippen LogP contribution in [0.3, 0.4) is 0 Å². The van der Waals surface area contributed by atoms with E-state index in [2.05, 4.69) is 10.00 Å². The Balaban J connectivity index is 1.46. The van der Waals surface area contributed by atoms with Gasteiger partial charge in [0.1, 0.15) is 12.3 Å². The molecule has 1 unspecified atom stereocenters. The molecule has 1 atom stereocenters. The van der Waals surface area contributed by atoms with Crippen LogP contribution in [0.1, 0.15) is 21.6 Å². The van der Waals surface area contributed by atoms with E-state index in [0.29, 0.717) is 42.0 Å². The Hall–Kier alpha value is -3.09. The van der Waals surface area contributed by atoms with Crippen LogP contribution in [0.4, 0.5) is 0 Å². The Morgan fingerprint density at radius 3 is 2.54 bits per heavy atom. The van der Waals surface area contributed by atoms with E-state index in [1.807, 2.05) is 24.3 Å². The van der Waals surface area contributed by atoms with Gasteiger partial charge in [-0.15, -0.1) is 0 Å². The normalized spacial score (nSPS) is 20.7. The summed E-state index contributed by atoms with van der Waals surface area (Å²) < 4.78 is 39.2. The summed E-state index contributed by atoms with van der Waals surface area (Å²) in [5.74, 6) is -0.930. The first kappa shape index (κ1) is 26.1. The number of amides is 1. The Morgan fingerprint density at radius 2 is 1.79 bits per heavy atom. The van der Waals surface area contributed by atoms with E-state index in [4.69, 9.17) is 21.1 Å². The molecule has 10 nitrogen and oxygen atoms in total. The topological polar surface area (TPSA) is 111 Å². The molecule has 2 aromatic carbocycles. The largest absolute Gasteiger partial charge is 0.379 e. The lowest BCUT2D eigenvalue weighted by Crippen LogP contribution is -2.49. The van der Waals surface area contributed by atoms with Gasteiger partial charge < -0.3 is 19.2 Å². The summed E-state index contributed by atoms with van der Waals surface area (Å²) in [7, 11) is -3.85. The smallest absolute Gasteiger partial charge is 0.275 e. The number of morpholine rings is 2. The van der Waals surface area contributed by atoms with Gasteiger partial charge in [0.05, 0.1) is 53.5 Å². The lowest BCUT2D eigenvalue weighted by atomic mass is 10.0. The maximum atomic E-state index is 13.8. The lowest BCUT2D eigenvalue weighted by molar-refractivity contribution is -0.116. The molecular formula is C27H27ClN4O6S. The van der Waals surface area contributed by atoms with Crippen molar-refractivity contribution in [2.75, 3.05) is 46.1 Å². The van der Waals surface area contributed by atoms with Crippen LogP contribution in [0.25, 0.3) is 16.9 Å². The van der Waals surface area contributed by atoms with Gasteiger partial charge >= 0.3 is 0 Å². The Bertz CT molecular complexity index is 1530. The number of ether oxygens (including phenoxy) is 2. The molecule has 0 spiro atoms. The number of hydrogen-bond donors (Lipinski definition) is 0. The van der Waals surface area contributed by atoms with Crippen molar-refractivity contribution in [1.82, 2.24) is 19.6 Å². The molecule has 1 amide bonds. The van der Waals surface area contributed by atoms with Crippen molar-refractivity contribution in [3.05, 3.63) is 64.3 Å². The fourth-order valence-electron chi connectivity index (χ4n) is 5.38. The summed E-state index contributed by atoms with van der Waals surface area (Å²) in [6, 6.07) is 12.0. The first-order chi connectivity index (χ1) is 18.9. The molecular weight excluding hydrogens is 544 g/mol. The summed E-state index contributed by atoms with van der Waals surface area (Å²) in [5.41, 5.74) is 2.99. The molecule has 3 aliphatic heterocycles. The third kappa shape index (κ3) is 4.78. The van der Waals surface area contributed by atoms with Crippen molar-refractivity contribution in [1.29, 1.82) is 0 Å². The molecule has 0 aliphatic carbocycles. The van der Waals surface area contributed by atoms with Crippen LogP contribution >= 0.6 is 11.6 Å². The van der Waals surface area contributed by atoms with E-state index in [9.17, 15) is 18.0 Å².